The Kier molecular flexibility index (Phi) is 7.34. The highest BCUT2D eigenvalue weighted by atomic mass is 16.5. The quantitative estimate of drug-likeness (QED) is 0.471. The maximum Gasteiger partial charge on any atom is 0.222 e. The van der Waals surface area contributed by atoms with Gasteiger partial charge < -0.3 is 14.4 Å². The summed E-state index contributed by atoms with van der Waals surface area (Å²) in [6.45, 7) is 4.27. The van der Waals surface area contributed by atoms with Crippen molar-refractivity contribution in [1.29, 1.82) is 0 Å². The van der Waals surface area contributed by atoms with Crippen LogP contribution in [0.1, 0.15) is 35.1 Å². The minimum Gasteiger partial charge on any atom is -0.493 e. The van der Waals surface area contributed by atoms with Gasteiger partial charge in [-0.15, -0.1) is 0 Å². The molecule has 0 N–H and O–H groups in total. The number of carbonyl (C=O) groups excluding carboxylic acids is 1. The lowest BCUT2D eigenvalue weighted by molar-refractivity contribution is -0.130. The number of methoxy groups -OCH3 is 1. The molecule has 0 radical (unpaired) electrons. The van der Waals surface area contributed by atoms with E-state index in [0.29, 0.717) is 37.0 Å². The number of fused-ring (bicyclic) bond motifs is 1. The molecule has 35 heavy (non-hydrogen) atoms. The largest absolute Gasteiger partial charge is 0.493 e. The second-order valence-corrected chi connectivity index (χ2v) is 9.53. The average Bonchev–Trinajstić information content (AvgIpc) is 3.41. The van der Waals surface area contributed by atoms with Crippen LogP contribution < -0.4 is 9.47 Å². The van der Waals surface area contributed by atoms with E-state index in [1.807, 2.05) is 48.5 Å². The van der Waals surface area contributed by atoms with Crippen molar-refractivity contribution in [1.82, 2.24) is 9.80 Å². The van der Waals surface area contributed by atoms with Gasteiger partial charge >= 0.3 is 0 Å². The number of ether oxygens (including phenoxy) is 2. The fourth-order valence-corrected chi connectivity index (χ4v) is 5.23. The molecule has 1 atom stereocenters. The maximum atomic E-state index is 13.0. The standard InChI is InChI=1S/C30H34N2O3/c1-34-28-13-11-23(19-29(28)35-22-24-7-3-2-4-8-24)12-14-30(33)32-18-16-27(21-32)31-17-15-25-9-5-6-10-26(25)20-31/h2-11,13,19,27H,12,14-18,20-22H2,1H3. The van der Waals surface area contributed by atoms with Gasteiger partial charge in [0.15, 0.2) is 11.5 Å². The molecule has 5 rings (SSSR count). The first kappa shape index (κ1) is 23.4. The van der Waals surface area contributed by atoms with Crippen molar-refractivity contribution in [3.63, 3.8) is 0 Å². The lowest BCUT2D eigenvalue weighted by Crippen LogP contribution is -2.41. The number of rotatable bonds is 8. The Hall–Kier alpha value is -3.31. The summed E-state index contributed by atoms with van der Waals surface area (Å²) < 4.78 is 11.5. The Labute approximate surface area is 208 Å². The molecule has 5 heteroatoms. The predicted octanol–water partition coefficient (Wildman–Crippen LogP) is 4.87. The third-order valence-electron chi connectivity index (χ3n) is 7.29. The lowest BCUT2D eigenvalue weighted by Gasteiger charge is -2.33. The van der Waals surface area contributed by atoms with Gasteiger partial charge in [0.25, 0.3) is 0 Å². The van der Waals surface area contributed by atoms with Crippen molar-refractivity contribution in [2.45, 2.75) is 44.9 Å². The Bertz CT molecular complexity index is 1150. The van der Waals surface area contributed by atoms with Gasteiger partial charge in [-0.05, 0) is 53.6 Å². The first-order valence-electron chi connectivity index (χ1n) is 12.6. The molecule has 0 aliphatic carbocycles. The minimum absolute atomic E-state index is 0.243. The Morgan fingerprint density at radius 1 is 0.914 bits per heavy atom. The number of hydrogen-bond acceptors (Lipinski definition) is 4. The number of likely N-dealkylation sites (tertiary alicyclic amines) is 1. The van der Waals surface area contributed by atoms with Gasteiger partial charge in [0.1, 0.15) is 6.61 Å². The van der Waals surface area contributed by atoms with E-state index in [-0.39, 0.29) is 5.91 Å². The molecule has 2 aliphatic heterocycles. The van der Waals surface area contributed by atoms with Crippen LogP contribution in [0.5, 0.6) is 11.5 Å². The van der Waals surface area contributed by atoms with Crippen LogP contribution in [0, 0.1) is 0 Å². The topological polar surface area (TPSA) is 42.0 Å². The molecule has 0 bridgehead atoms. The average molecular weight is 471 g/mol. The molecule has 0 aromatic heterocycles. The molecule has 1 unspecified atom stereocenters. The summed E-state index contributed by atoms with van der Waals surface area (Å²) in [6.07, 6.45) is 3.38. The number of benzene rings is 3. The molecule has 3 aromatic rings. The van der Waals surface area contributed by atoms with Crippen molar-refractivity contribution in [3.05, 3.63) is 95.1 Å². The highest BCUT2D eigenvalue weighted by Crippen LogP contribution is 2.30. The van der Waals surface area contributed by atoms with E-state index in [1.54, 1.807) is 7.11 Å². The van der Waals surface area contributed by atoms with E-state index in [0.717, 1.165) is 50.1 Å². The molecule has 3 aromatic carbocycles. The van der Waals surface area contributed by atoms with Crippen molar-refractivity contribution < 1.29 is 14.3 Å². The molecule has 0 saturated carbocycles. The summed E-state index contributed by atoms with van der Waals surface area (Å²) >= 11 is 0. The van der Waals surface area contributed by atoms with Gasteiger partial charge in [0.05, 0.1) is 7.11 Å². The fourth-order valence-electron chi connectivity index (χ4n) is 5.23. The number of hydrogen-bond donors (Lipinski definition) is 0. The van der Waals surface area contributed by atoms with E-state index in [2.05, 4.69) is 34.1 Å². The van der Waals surface area contributed by atoms with E-state index in [9.17, 15) is 4.79 Å². The van der Waals surface area contributed by atoms with Crippen molar-refractivity contribution in [2.24, 2.45) is 0 Å². The van der Waals surface area contributed by atoms with Gasteiger partial charge in [-0.3, -0.25) is 9.69 Å². The number of amides is 1. The highest BCUT2D eigenvalue weighted by molar-refractivity contribution is 5.76. The molecule has 0 spiro atoms. The molecule has 5 nitrogen and oxygen atoms in total. The smallest absolute Gasteiger partial charge is 0.222 e. The molecular weight excluding hydrogens is 436 g/mol. The fraction of sp³-hybridized carbons (Fsp3) is 0.367. The summed E-state index contributed by atoms with van der Waals surface area (Å²) in [7, 11) is 1.65. The zero-order chi connectivity index (χ0) is 24.0. The van der Waals surface area contributed by atoms with Gasteiger partial charge in [-0.2, -0.15) is 0 Å². The monoisotopic (exact) mass is 470 g/mol. The van der Waals surface area contributed by atoms with Crippen LogP contribution in [0.25, 0.3) is 0 Å². The van der Waals surface area contributed by atoms with Crippen LogP contribution in [-0.2, 0) is 30.8 Å². The van der Waals surface area contributed by atoms with E-state index in [1.165, 1.54) is 11.1 Å². The van der Waals surface area contributed by atoms with Crippen LogP contribution in [0.4, 0.5) is 0 Å². The minimum atomic E-state index is 0.243. The van der Waals surface area contributed by atoms with Crippen LogP contribution in [0.15, 0.2) is 72.8 Å². The van der Waals surface area contributed by atoms with Gasteiger partial charge in [-0.1, -0.05) is 60.7 Å². The predicted molar refractivity (Wildman–Crippen MR) is 138 cm³/mol. The zero-order valence-electron chi connectivity index (χ0n) is 20.5. The van der Waals surface area contributed by atoms with E-state index < -0.39 is 0 Å². The van der Waals surface area contributed by atoms with Crippen LogP contribution in [0.3, 0.4) is 0 Å². The summed E-state index contributed by atoms with van der Waals surface area (Å²) in [5.41, 5.74) is 5.11. The molecule has 182 valence electrons. The molecular formula is C30H34N2O3. The lowest BCUT2D eigenvalue weighted by atomic mass is 9.98. The van der Waals surface area contributed by atoms with Crippen molar-refractivity contribution >= 4 is 5.91 Å². The van der Waals surface area contributed by atoms with Crippen LogP contribution in [0.2, 0.25) is 0 Å². The molecule has 1 fully saturated rings. The number of aryl methyl sites for hydroxylation is 1. The number of nitrogens with zero attached hydrogens (tertiary/aromatic N) is 2. The Morgan fingerprint density at radius 2 is 1.71 bits per heavy atom. The van der Waals surface area contributed by atoms with E-state index in [4.69, 9.17) is 9.47 Å². The van der Waals surface area contributed by atoms with Crippen molar-refractivity contribution in [3.8, 4) is 11.5 Å². The maximum absolute atomic E-state index is 13.0. The molecule has 1 saturated heterocycles. The molecule has 1 amide bonds. The molecule has 2 aliphatic rings. The van der Waals surface area contributed by atoms with E-state index >= 15 is 0 Å². The van der Waals surface area contributed by atoms with Gasteiger partial charge in [-0.25, -0.2) is 0 Å². The van der Waals surface area contributed by atoms with Gasteiger partial charge in [0.2, 0.25) is 5.91 Å². The highest BCUT2D eigenvalue weighted by Gasteiger charge is 2.31. The number of carbonyl (C=O) groups is 1. The van der Waals surface area contributed by atoms with Crippen LogP contribution >= 0.6 is 0 Å². The summed E-state index contributed by atoms with van der Waals surface area (Å²) in [5, 5.41) is 0. The first-order chi connectivity index (χ1) is 17.2. The van der Waals surface area contributed by atoms with Crippen molar-refractivity contribution in [2.75, 3.05) is 26.7 Å². The van der Waals surface area contributed by atoms with Crippen LogP contribution in [-0.4, -0.2) is 48.5 Å². The zero-order valence-corrected chi connectivity index (χ0v) is 20.5. The molecule has 2 heterocycles. The SMILES string of the molecule is COc1ccc(CCC(=O)N2CCC(N3CCc4ccccc4C3)C2)cc1OCc1ccccc1. The second kappa shape index (κ2) is 11.0. The third-order valence-corrected chi connectivity index (χ3v) is 7.29. The normalized spacial score (nSPS) is 17.7. The summed E-state index contributed by atoms with van der Waals surface area (Å²) in [6, 6.07) is 25.3. The first-order valence-corrected chi connectivity index (χ1v) is 12.6. The van der Waals surface area contributed by atoms with Gasteiger partial charge in [0, 0.05) is 38.6 Å². The Balaban J connectivity index is 1.14. The second-order valence-electron chi connectivity index (χ2n) is 9.53. The summed E-state index contributed by atoms with van der Waals surface area (Å²) in [4.78, 5) is 17.6. The summed E-state index contributed by atoms with van der Waals surface area (Å²) in [5.74, 6) is 1.67. The Morgan fingerprint density at radius 3 is 2.54 bits per heavy atom. The third kappa shape index (κ3) is 5.68.